The second-order valence-corrected chi connectivity index (χ2v) is 2.96. The first-order valence-corrected chi connectivity index (χ1v) is 4.73. The van der Waals surface area contributed by atoms with Crippen LogP contribution in [0.25, 0.3) is 0 Å². The van der Waals surface area contributed by atoms with Crippen molar-refractivity contribution in [2.24, 2.45) is 0 Å². The summed E-state index contributed by atoms with van der Waals surface area (Å²) in [4.78, 5) is 25.5. The van der Waals surface area contributed by atoms with E-state index in [-0.39, 0.29) is 0 Å². The normalized spacial score (nSPS) is 9.75. The van der Waals surface area contributed by atoms with E-state index in [0.29, 0.717) is 6.61 Å². The van der Waals surface area contributed by atoms with E-state index < -0.39 is 13.8 Å². The third kappa shape index (κ3) is 22.7. The number of carbonyl (C=O) groups is 1. The highest BCUT2D eigenvalue weighted by Crippen LogP contribution is 2.35. The van der Waals surface area contributed by atoms with E-state index >= 15 is 0 Å². The molecule has 0 saturated heterocycles. The molecule has 0 aliphatic carbocycles. The van der Waals surface area contributed by atoms with Gasteiger partial charge in [-0.1, -0.05) is 6.92 Å². The van der Waals surface area contributed by atoms with Crippen LogP contribution in [0.3, 0.4) is 0 Å². The molecule has 6 nitrogen and oxygen atoms in total. The lowest BCUT2D eigenvalue weighted by molar-refractivity contribution is -0.133. The summed E-state index contributed by atoms with van der Waals surface area (Å²) in [6.07, 6.45) is 0.875. The van der Waals surface area contributed by atoms with Gasteiger partial charge in [0.1, 0.15) is 0 Å². The molecular formula is C5H13O6P. The number of carbonyl (C=O) groups excluding carboxylic acids is 1. The van der Waals surface area contributed by atoms with Crippen molar-refractivity contribution in [2.75, 3.05) is 6.61 Å². The fourth-order valence-corrected chi connectivity index (χ4v) is 0.502. The van der Waals surface area contributed by atoms with E-state index in [4.69, 9.17) is 14.9 Å². The Morgan fingerprint density at radius 3 is 1.83 bits per heavy atom. The summed E-state index contributed by atoms with van der Waals surface area (Å²) in [6, 6.07) is 0. The van der Waals surface area contributed by atoms with Gasteiger partial charge in [-0.25, -0.2) is 4.57 Å². The summed E-state index contributed by atoms with van der Waals surface area (Å²) in [7, 11) is -4.57. The SMILES string of the molecule is CC(=O)OP(=O)(O)O.CCCO. The highest BCUT2D eigenvalue weighted by atomic mass is 31.2. The Morgan fingerprint density at radius 1 is 1.50 bits per heavy atom. The van der Waals surface area contributed by atoms with Crippen LogP contribution in [0.1, 0.15) is 20.3 Å². The minimum atomic E-state index is -4.57. The van der Waals surface area contributed by atoms with Crippen LogP contribution in [0.4, 0.5) is 0 Å². The minimum Gasteiger partial charge on any atom is -0.396 e. The van der Waals surface area contributed by atoms with Gasteiger partial charge in [0, 0.05) is 13.5 Å². The van der Waals surface area contributed by atoms with Crippen molar-refractivity contribution < 1.29 is 28.8 Å². The Labute approximate surface area is 70.4 Å². The smallest absolute Gasteiger partial charge is 0.396 e. The van der Waals surface area contributed by atoms with Crippen molar-refractivity contribution in [3.8, 4) is 0 Å². The number of aliphatic hydroxyl groups is 1. The average molecular weight is 200 g/mol. The highest BCUT2D eigenvalue weighted by Gasteiger charge is 2.16. The number of phosphoric ester groups is 1. The predicted octanol–water partition coefficient (Wildman–Crippen LogP) is 0.0309. The van der Waals surface area contributed by atoms with Gasteiger partial charge in [-0.3, -0.25) is 14.6 Å². The van der Waals surface area contributed by atoms with Crippen molar-refractivity contribution in [3.05, 3.63) is 0 Å². The van der Waals surface area contributed by atoms with Gasteiger partial charge in [-0.05, 0) is 6.42 Å². The van der Waals surface area contributed by atoms with E-state index in [1.165, 1.54) is 0 Å². The van der Waals surface area contributed by atoms with Crippen LogP contribution in [-0.4, -0.2) is 27.5 Å². The molecule has 0 aliphatic heterocycles. The molecule has 0 heterocycles. The molecule has 0 aromatic carbocycles. The predicted molar refractivity (Wildman–Crippen MR) is 41.2 cm³/mol. The van der Waals surface area contributed by atoms with Gasteiger partial charge < -0.3 is 9.63 Å². The van der Waals surface area contributed by atoms with Gasteiger partial charge in [0.25, 0.3) is 0 Å². The summed E-state index contributed by atoms with van der Waals surface area (Å²) < 4.78 is 13.2. The van der Waals surface area contributed by atoms with Gasteiger partial charge in [0.15, 0.2) is 0 Å². The monoisotopic (exact) mass is 200 g/mol. The van der Waals surface area contributed by atoms with Crippen molar-refractivity contribution in [1.29, 1.82) is 0 Å². The van der Waals surface area contributed by atoms with Gasteiger partial charge in [0.2, 0.25) is 0 Å². The maximum Gasteiger partial charge on any atom is 0.526 e. The van der Waals surface area contributed by atoms with Gasteiger partial charge in [-0.2, -0.15) is 0 Å². The number of hydrogen-bond acceptors (Lipinski definition) is 4. The molecule has 0 radical (unpaired) electrons. The molecule has 0 aromatic heterocycles. The number of aliphatic hydroxyl groups excluding tert-OH is 1. The lowest BCUT2D eigenvalue weighted by Gasteiger charge is -1.98. The van der Waals surface area contributed by atoms with Crippen LogP contribution >= 0.6 is 7.82 Å². The van der Waals surface area contributed by atoms with Crippen LogP contribution in [0.5, 0.6) is 0 Å². The standard InChI is InChI=1S/C3H8O.C2H5O5P/c1-2-3-4;1-2(3)7-8(4,5)6/h4H,2-3H2,1H3;1H3,(H2,4,5,6). The van der Waals surface area contributed by atoms with Crippen LogP contribution in [0.15, 0.2) is 0 Å². The molecule has 0 fully saturated rings. The molecule has 0 atom stereocenters. The minimum absolute atomic E-state index is 0.319. The summed E-state index contributed by atoms with van der Waals surface area (Å²) in [5.41, 5.74) is 0. The molecule has 0 rings (SSSR count). The van der Waals surface area contributed by atoms with Crippen molar-refractivity contribution in [1.82, 2.24) is 0 Å². The molecule has 0 aromatic rings. The van der Waals surface area contributed by atoms with Crippen LogP contribution in [0.2, 0.25) is 0 Å². The van der Waals surface area contributed by atoms with Crippen LogP contribution < -0.4 is 0 Å². The Balaban J connectivity index is 0. The maximum atomic E-state index is 9.74. The third-order valence-corrected chi connectivity index (χ3v) is 0.966. The fraction of sp³-hybridized carbons (Fsp3) is 0.800. The molecule has 0 bridgehead atoms. The number of hydrogen-bond donors (Lipinski definition) is 3. The molecule has 0 unspecified atom stereocenters. The molecule has 0 saturated carbocycles. The van der Waals surface area contributed by atoms with Gasteiger partial charge in [0.05, 0.1) is 0 Å². The molecule has 0 aliphatic rings. The van der Waals surface area contributed by atoms with Crippen molar-refractivity contribution in [2.45, 2.75) is 20.3 Å². The molecule has 0 spiro atoms. The first-order chi connectivity index (χ1) is 5.33. The number of phosphoric acid groups is 1. The topological polar surface area (TPSA) is 104 Å². The zero-order valence-electron chi connectivity index (χ0n) is 6.93. The number of rotatable bonds is 2. The average Bonchev–Trinajstić information content (AvgIpc) is 1.83. The quantitative estimate of drug-likeness (QED) is 0.543. The second-order valence-electron chi connectivity index (χ2n) is 1.80. The molecule has 74 valence electrons. The molecule has 0 amide bonds. The van der Waals surface area contributed by atoms with Gasteiger partial charge in [-0.15, -0.1) is 0 Å². The Bertz CT molecular complexity index is 159. The summed E-state index contributed by atoms with van der Waals surface area (Å²) in [6.45, 7) is 3.17. The summed E-state index contributed by atoms with van der Waals surface area (Å²) in [5.74, 6) is -0.988. The van der Waals surface area contributed by atoms with Crippen molar-refractivity contribution in [3.63, 3.8) is 0 Å². The van der Waals surface area contributed by atoms with Crippen molar-refractivity contribution >= 4 is 13.8 Å². The molecular weight excluding hydrogens is 187 g/mol. The van der Waals surface area contributed by atoms with E-state index in [2.05, 4.69) is 4.52 Å². The second kappa shape index (κ2) is 7.24. The highest BCUT2D eigenvalue weighted by molar-refractivity contribution is 7.46. The van der Waals surface area contributed by atoms with E-state index in [9.17, 15) is 9.36 Å². The summed E-state index contributed by atoms with van der Waals surface area (Å²) in [5, 5.41) is 7.88. The summed E-state index contributed by atoms with van der Waals surface area (Å²) >= 11 is 0. The zero-order valence-corrected chi connectivity index (χ0v) is 7.82. The molecule has 7 heteroatoms. The largest absolute Gasteiger partial charge is 0.526 e. The van der Waals surface area contributed by atoms with E-state index in [1.54, 1.807) is 0 Å². The Kier molecular flexibility index (Phi) is 8.52. The first-order valence-electron chi connectivity index (χ1n) is 3.20. The van der Waals surface area contributed by atoms with Crippen LogP contribution in [-0.2, 0) is 13.9 Å². The van der Waals surface area contributed by atoms with E-state index in [1.807, 2.05) is 6.92 Å². The van der Waals surface area contributed by atoms with Gasteiger partial charge >= 0.3 is 13.8 Å². The maximum absolute atomic E-state index is 9.74. The zero-order chi connectivity index (χ0) is 10.2. The lowest BCUT2D eigenvalue weighted by Crippen LogP contribution is -1.94. The fourth-order valence-electron chi connectivity index (χ4n) is 0.167. The van der Waals surface area contributed by atoms with E-state index in [0.717, 1.165) is 13.3 Å². The lowest BCUT2D eigenvalue weighted by atomic mass is 10.5. The third-order valence-electron chi connectivity index (χ3n) is 0.471. The Morgan fingerprint density at radius 2 is 1.83 bits per heavy atom. The molecule has 3 N–H and O–H groups in total. The van der Waals surface area contributed by atoms with Crippen LogP contribution in [0, 0.1) is 0 Å². The molecule has 12 heavy (non-hydrogen) atoms. The Hall–Kier alpha value is -0.420. The first kappa shape index (κ1) is 14.1.